The lowest BCUT2D eigenvalue weighted by Crippen LogP contribution is -2.45. The number of methoxy groups -OCH3 is 1. The first-order valence-electron chi connectivity index (χ1n) is 10.7. The summed E-state index contributed by atoms with van der Waals surface area (Å²) in [6, 6.07) is 12.3. The zero-order valence-electron chi connectivity index (χ0n) is 18.4. The van der Waals surface area contributed by atoms with E-state index in [0.717, 1.165) is 35.3 Å². The Hall–Kier alpha value is -4.14. The summed E-state index contributed by atoms with van der Waals surface area (Å²) in [7, 11) is 1.55. The highest BCUT2D eigenvalue weighted by atomic mass is 16.5. The number of para-hydroxylation sites is 2. The zero-order chi connectivity index (χ0) is 23.2. The number of rotatable bonds is 4. The number of aryl methyl sites for hydroxylation is 1. The molecule has 3 aromatic rings. The number of nitrogens with zero attached hydrogens (tertiary/aromatic N) is 3. The monoisotopic (exact) mass is 444 g/mol. The van der Waals surface area contributed by atoms with Crippen LogP contribution in [0.2, 0.25) is 0 Å². The second-order valence-corrected chi connectivity index (χ2v) is 8.36. The third kappa shape index (κ3) is 3.61. The summed E-state index contributed by atoms with van der Waals surface area (Å²) in [4.78, 5) is 36.4. The van der Waals surface area contributed by atoms with E-state index in [1.54, 1.807) is 36.4 Å². The maximum absolute atomic E-state index is 13.5. The average Bonchev–Trinajstić information content (AvgIpc) is 3.60. The third-order valence-electron chi connectivity index (χ3n) is 6.18. The van der Waals surface area contributed by atoms with Crippen molar-refractivity contribution in [3.05, 3.63) is 65.5 Å². The van der Waals surface area contributed by atoms with Gasteiger partial charge in [0.1, 0.15) is 5.75 Å². The van der Waals surface area contributed by atoms with E-state index in [1.807, 2.05) is 31.2 Å². The molecule has 2 aliphatic rings. The molecule has 168 valence electrons. The standard InChI is InChI=1S/C24H24N6O3/c1-14-7-8-16(27-23(32)28-17-5-3-4-6-19(17)33-2)11-18(14)30-13-15-12-26-22(25)29-20(15)24(9-10-24)21(30)31/h3-8,11-12H,9-10,13H2,1-2H3,(H2,25,26,29)(H2,27,28,32). The van der Waals surface area contributed by atoms with E-state index in [1.165, 1.54) is 0 Å². The van der Waals surface area contributed by atoms with Gasteiger partial charge in [-0.2, -0.15) is 0 Å². The normalized spacial score (nSPS) is 15.7. The Labute approximate surface area is 191 Å². The van der Waals surface area contributed by atoms with E-state index >= 15 is 0 Å². The van der Waals surface area contributed by atoms with Gasteiger partial charge in [0.15, 0.2) is 0 Å². The van der Waals surface area contributed by atoms with Crippen molar-refractivity contribution in [2.45, 2.75) is 31.7 Å². The lowest BCUT2D eigenvalue weighted by atomic mass is 9.91. The fourth-order valence-electron chi connectivity index (χ4n) is 4.33. The highest BCUT2D eigenvalue weighted by molar-refractivity contribution is 6.06. The van der Waals surface area contributed by atoms with Crippen LogP contribution in [0.5, 0.6) is 5.75 Å². The highest BCUT2D eigenvalue weighted by Crippen LogP contribution is 2.53. The minimum Gasteiger partial charge on any atom is -0.495 e. The molecule has 1 spiro atoms. The van der Waals surface area contributed by atoms with Crippen LogP contribution in [0.4, 0.5) is 27.8 Å². The van der Waals surface area contributed by atoms with Gasteiger partial charge < -0.3 is 26.0 Å². The molecule has 5 rings (SSSR count). The number of nitrogens with two attached hydrogens (primary N) is 1. The number of benzene rings is 2. The van der Waals surface area contributed by atoms with E-state index in [4.69, 9.17) is 10.5 Å². The molecule has 1 fully saturated rings. The number of fused-ring (bicyclic) bond motifs is 2. The van der Waals surface area contributed by atoms with Gasteiger partial charge in [-0.1, -0.05) is 18.2 Å². The van der Waals surface area contributed by atoms with Crippen LogP contribution in [0.3, 0.4) is 0 Å². The number of aromatic nitrogens is 2. The first kappa shape index (κ1) is 20.7. The van der Waals surface area contributed by atoms with Crippen LogP contribution in [0.1, 0.15) is 29.7 Å². The first-order valence-corrected chi connectivity index (χ1v) is 10.7. The number of urea groups is 1. The topological polar surface area (TPSA) is 122 Å². The number of carbonyl (C=O) groups is 2. The number of nitrogen functional groups attached to an aromatic ring is 1. The van der Waals surface area contributed by atoms with Gasteiger partial charge in [0.05, 0.1) is 30.5 Å². The highest BCUT2D eigenvalue weighted by Gasteiger charge is 2.58. The van der Waals surface area contributed by atoms with Crippen molar-refractivity contribution in [3.63, 3.8) is 0 Å². The zero-order valence-corrected chi connectivity index (χ0v) is 18.4. The molecule has 9 nitrogen and oxygen atoms in total. The first-order chi connectivity index (χ1) is 15.9. The molecule has 0 saturated heterocycles. The molecule has 1 saturated carbocycles. The van der Waals surface area contributed by atoms with Crippen LogP contribution >= 0.6 is 0 Å². The molecule has 0 bridgehead atoms. The Morgan fingerprint density at radius 1 is 1.18 bits per heavy atom. The quantitative estimate of drug-likeness (QED) is 0.565. The minimum atomic E-state index is -0.623. The van der Waals surface area contributed by atoms with Crippen LogP contribution in [0, 0.1) is 6.92 Å². The number of hydrogen-bond acceptors (Lipinski definition) is 6. The van der Waals surface area contributed by atoms with Crippen molar-refractivity contribution in [3.8, 4) is 5.75 Å². The fourth-order valence-corrected chi connectivity index (χ4v) is 4.33. The third-order valence-corrected chi connectivity index (χ3v) is 6.18. The van der Waals surface area contributed by atoms with Crippen LogP contribution in [-0.2, 0) is 16.8 Å². The van der Waals surface area contributed by atoms with E-state index in [0.29, 0.717) is 23.7 Å². The largest absolute Gasteiger partial charge is 0.495 e. The molecule has 33 heavy (non-hydrogen) atoms. The number of nitrogens with one attached hydrogen (secondary N) is 2. The van der Waals surface area contributed by atoms with Crippen LogP contribution in [0.15, 0.2) is 48.7 Å². The number of amides is 3. The Morgan fingerprint density at radius 2 is 1.97 bits per heavy atom. The van der Waals surface area contributed by atoms with Gasteiger partial charge in [0.25, 0.3) is 0 Å². The smallest absolute Gasteiger partial charge is 0.323 e. The van der Waals surface area contributed by atoms with Gasteiger partial charge in [0.2, 0.25) is 11.9 Å². The summed E-state index contributed by atoms with van der Waals surface area (Å²) in [5.74, 6) is 0.754. The average molecular weight is 444 g/mol. The lowest BCUT2D eigenvalue weighted by Gasteiger charge is -2.34. The molecular weight excluding hydrogens is 420 g/mol. The van der Waals surface area contributed by atoms with Crippen molar-refractivity contribution in [2.75, 3.05) is 28.4 Å². The molecule has 0 atom stereocenters. The summed E-state index contributed by atoms with van der Waals surface area (Å²) in [6.07, 6.45) is 3.18. The molecule has 1 aliphatic heterocycles. The number of ether oxygens (including phenoxy) is 1. The second-order valence-electron chi connectivity index (χ2n) is 8.36. The van der Waals surface area contributed by atoms with Crippen LogP contribution < -0.4 is 26.0 Å². The Bertz CT molecular complexity index is 1270. The summed E-state index contributed by atoms with van der Waals surface area (Å²) in [6.45, 7) is 2.30. The predicted octanol–water partition coefficient (Wildman–Crippen LogP) is 3.60. The van der Waals surface area contributed by atoms with Gasteiger partial charge in [-0.05, 0) is 49.6 Å². The fraction of sp³-hybridized carbons (Fsp3) is 0.250. The van der Waals surface area contributed by atoms with Crippen LogP contribution in [0.25, 0.3) is 0 Å². The van der Waals surface area contributed by atoms with Gasteiger partial charge >= 0.3 is 6.03 Å². The molecule has 1 aliphatic carbocycles. The Kier molecular flexibility index (Phi) is 4.88. The van der Waals surface area contributed by atoms with E-state index in [2.05, 4.69) is 20.6 Å². The van der Waals surface area contributed by atoms with Crippen molar-refractivity contribution >= 4 is 34.9 Å². The van der Waals surface area contributed by atoms with Gasteiger partial charge in [-0.15, -0.1) is 0 Å². The van der Waals surface area contributed by atoms with Crippen molar-refractivity contribution in [1.29, 1.82) is 0 Å². The summed E-state index contributed by atoms with van der Waals surface area (Å²) >= 11 is 0. The van der Waals surface area contributed by atoms with Gasteiger partial charge in [0, 0.05) is 23.1 Å². The number of anilines is 4. The lowest BCUT2D eigenvalue weighted by molar-refractivity contribution is -0.121. The van der Waals surface area contributed by atoms with E-state index in [9.17, 15) is 9.59 Å². The molecule has 2 aromatic carbocycles. The van der Waals surface area contributed by atoms with Crippen molar-refractivity contribution < 1.29 is 14.3 Å². The second kappa shape index (κ2) is 7.77. The van der Waals surface area contributed by atoms with Crippen molar-refractivity contribution in [2.24, 2.45) is 0 Å². The molecule has 0 unspecified atom stereocenters. The van der Waals surface area contributed by atoms with Crippen LogP contribution in [-0.4, -0.2) is 29.0 Å². The molecule has 4 N–H and O–H groups in total. The number of carbonyl (C=O) groups excluding carboxylic acids is 2. The summed E-state index contributed by atoms with van der Waals surface area (Å²) in [5, 5.41) is 5.63. The maximum Gasteiger partial charge on any atom is 0.323 e. The van der Waals surface area contributed by atoms with Gasteiger partial charge in [-0.25, -0.2) is 14.8 Å². The van der Waals surface area contributed by atoms with E-state index in [-0.39, 0.29) is 11.9 Å². The molecule has 2 heterocycles. The predicted molar refractivity (Wildman–Crippen MR) is 125 cm³/mol. The molecule has 1 aromatic heterocycles. The Balaban J connectivity index is 1.41. The molecule has 0 radical (unpaired) electrons. The summed E-state index contributed by atoms with van der Waals surface area (Å²) in [5.41, 5.74) is 9.60. The molecule has 3 amide bonds. The van der Waals surface area contributed by atoms with E-state index < -0.39 is 11.4 Å². The molecule has 9 heteroatoms. The van der Waals surface area contributed by atoms with Crippen molar-refractivity contribution in [1.82, 2.24) is 9.97 Å². The minimum absolute atomic E-state index is 0.00632. The SMILES string of the molecule is COc1ccccc1NC(=O)Nc1ccc(C)c(N2Cc3cnc(N)nc3C3(CC3)C2=O)c1. The molecular formula is C24H24N6O3. The maximum atomic E-state index is 13.5. The Morgan fingerprint density at radius 3 is 2.73 bits per heavy atom. The summed E-state index contributed by atoms with van der Waals surface area (Å²) < 4.78 is 5.28. The van der Waals surface area contributed by atoms with Gasteiger partial charge in [-0.3, -0.25) is 4.79 Å². The number of hydrogen-bond donors (Lipinski definition) is 3.